The van der Waals surface area contributed by atoms with Crippen molar-refractivity contribution in [2.75, 3.05) is 5.32 Å². The van der Waals surface area contributed by atoms with Crippen molar-refractivity contribution in [3.63, 3.8) is 0 Å². The van der Waals surface area contributed by atoms with Gasteiger partial charge in [-0.3, -0.25) is 0 Å². The van der Waals surface area contributed by atoms with Crippen molar-refractivity contribution in [1.29, 1.82) is 0 Å². The molecule has 0 aliphatic rings. The summed E-state index contributed by atoms with van der Waals surface area (Å²) < 4.78 is 7.74. The molecule has 0 spiro atoms. The number of pyridine rings is 1. The number of para-hydroxylation sites is 1. The van der Waals surface area contributed by atoms with Gasteiger partial charge in [0.25, 0.3) is 0 Å². The summed E-state index contributed by atoms with van der Waals surface area (Å²) in [5.74, 6) is 1.44. The molecule has 0 bridgehead atoms. The highest BCUT2D eigenvalue weighted by molar-refractivity contribution is 5.91. The Morgan fingerprint density at radius 3 is 2.67 bits per heavy atom. The smallest absolute Gasteiger partial charge is 0.213 e. The average molecular weight is 395 g/mol. The van der Waals surface area contributed by atoms with Crippen LogP contribution in [0.3, 0.4) is 0 Å². The molecule has 0 unspecified atom stereocenters. The lowest BCUT2D eigenvalue weighted by Crippen LogP contribution is -2.05. The molecule has 0 amide bonds. The molecular weight excluding hydrogens is 374 g/mol. The van der Waals surface area contributed by atoms with Gasteiger partial charge in [-0.1, -0.05) is 42.5 Å². The van der Waals surface area contributed by atoms with Crippen LogP contribution in [0.1, 0.15) is 16.8 Å². The van der Waals surface area contributed by atoms with E-state index in [-0.39, 0.29) is 0 Å². The molecule has 1 N–H and O–H groups in total. The second-order valence-corrected chi connectivity index (χ2v) is 7.16. The molecule has 30 heavy (non-hydrogen) atoms. The van der Waals surface area contributed by atoms with Gasteiger partial charge < -0.3 is 10.1 Å². The highest BCUT2D eigenvalue weighted by Crippen LogP contribution is 2.24. The fraction of sp³-hybridized carbons (Fsp3) is 0.125. The first-order chi connectivity index (χ1) is 14.8. The van der Waals surface area contributed by atoms with Crippen LogP contribution in [0, 0.1) is 6.92 Å². The maximum Gasteiger partial charge on any atom is 0.213 e. The lowest BCUT2D eigenvalue weighted by atomic mass is 10.2. The maximum absolute atomic E-state index is 5.85. The lowest BCUT2D eigenvalue weighted by Gasteiger charge is -2.11. The Morgan fingerprint density at radius 1 is 0.933 bits per heavy atom. The molecule has 0 saturated carbocycles. The van der Waals surface area contributed by atoms with Crippen molar-refractivity contribution in [1.82, 2.24) is 19.6 Å². The summed E-state index contributed by atoms with van der Waals surface area (Å²) in [7, 11) is 0. The van der Waals surface area contributed by atoms with Crippen molar-refractivity contribution in [2.45, 2.75) is 20.1 Å². The number of hydrogen-bond donors (Lipinski definition) is 1. The molecule has 5 rings (SSSR count). The summed E-state index contributed by atoms with van der Waals surface area (Å²) in [4.78, 5) is 9.11. The van der Waals surface area contributed by atoms with Gasteiger partial charge in [0.1, 0.15) is 12.4 Å². The van der Waals surface area contributed by atoms with Crippen LogP contribution in [-0.4, -0.2) is 19.6 Å². The zero-order valence-electron chi connectivity index (χ0n) is 16.6. The summed E-state index contributed by atoms with van der Waals surface area (Å²) in [6.45, 7) is 3.09. The maximum atomic E-state index is 5.85. The minimum Gasteiger partial charge on any atom is -0.473 e. The first-order valence-electron chi connectivity index (χ1n) is 9.87. The van der Waals surface area contributed by atoms with Gasteiger partial charge in [-0.25, -0.2) is 14.5 Å². The van der Waals surface area contributed by atoms with Crippen LogP contribution in [0.4, 0.5) is 5.82 Å². The van der Waals surface area contributed by atoms with Crippen LogP contribution in [0.2, 0.25) is 0 Å². The highest BCUT2D eigenvalue weighted by atomic mass is 16.5. The van der Waals surface area contributed by atoms with Crippen LogP contribution in [0.15, 0.2) is 79.0 Å². The van der Waals surface area contributed by atoms with E-state index in [9.17, 15) is 0 Å². The molecule has 0 aliphatic heterocycles. The number of benzene rings is 2. The normalized spacial score (nSPS) is 11.1. The van der Waals surface area contributed by atoms with E-state index in [0.717, 1.165) is 39.2 Å². The van der Waals surface area contributed by atoms with E-state index in [4.69, 9.17) is 9.72 Å². The quantitative estimate of drug-likeness (QED) is 0.448. The molecule has 3 heterocycles. The molecule has 6 heteroatoms. The SMILES string of the molecule is Cc1cc2nc(NCc3ccnc(OCc4ccccc4)c3)c3ccccc3n2n1. The van der Waals surface area contributed by atoms with Crippen LogP contribution in [0.5, 0.6) is 5.88 Å². The van der Waals surface area contributed by atoms with Crippen molar-refractivity contribution < 1.29 is 4.74 Å². The Balaban J connectivity index is 1.36. The van der Waals surface area contributed by atoms with E-state index in [1.54, 1.807) is 6.20 Å². The van der Waals surface area contributed by atoms with E-state index in [1.165, 1.54) is 0 Å². The number of aromatic nitrogens is 4. The lowest BCUT2D eigenvalue weighted by molar-refractivity contribution is 0.293. The fourth-order valence-corrected chi connectivity index (χ4v) is 3.47. The van der Waals surface area contributed by atoms with Gasteiger partial charge in [-0.15, -0.1) is 0 Å². The Bertz CT molecular complexity index is 1310. The Labute approximate surface area is 174 Å². The third kappa shape index (κ3) is 3.67. The van der Waals surface area contributed by atoms with E-state index < -0.39 is 0 Å². The molecular formula is C24H21N5O. The topological polar surface area (TPSA) is 64.3 Å². The van der Waals surface area contributed by atoms with Crippen molar-refractivity contribution in [3.05, 3.63) is 95.8 Å². The number of nitrogens with one attached hydrogen (secondary N) is 1. The third-order valence-corrected chi connectivity index (χ3v) is 4.92. The summed E-state index contributed by atoms with van der Waals surface area (Å²) >= 11 is 0. The minimum absolute atomic E-state index is 0.494. The Morgan fingerprint density at radius 2 is 1.77 bits per heavy atom. The van der Waals surface area contributed by atoms with Crippen molar-refractivity contribution in [2.24, 2.45) is 0 Å². The second kappa shape index (κ2) is 7.83. The number of fused-ring (bicyclic) bond motifs is 3. The summed E-state index contributed by atoms with van der Waals surface area (Å²) in [6, 6.07) is 24.1. The van der Waals surface area contributed by atoms with Gasteiger partial charge in [-0.2, -0.15) is 5.10 Å². The molecule has 0 radical (unpaired) electrons. The van der Waals surface area contributed by atoms with Gasteiger partial charge >= 0.3 is 0 Å². The first-order valence-corrected chi connectivity index (χ1v) is 9.87. The molecule has 0 fully saturated rings. The number of hydrogen-bond acceptors (Lipinski definition) is 5. The largest absolute Gasteiger partial charge is 0.473 e. The zero-order chi connectivity index (χ0) is 20.3. The predicted octanol–water partition coefficient (Wildman–Crippen LogP) is 4.78. The van der Waals surface area contributed by atoms with Gasteiger partial charge in [0.2, 0.25) is 5.88 Å². The van der Waals surface area contributed by atoms with E-state index in [0.29, 0.717) is 19.0 Å². The minimum atomic E-state index is 0.494. The number of anilines is 1. The molecule has 2 aromatic carbocycles. The summed E-state index contributed by atoms with van der Waals surface area (Å²) in [5.41, 5.74) is 4.99. The molecule has 0 saturated heterocycles. The average Bonchev–Trinajstić information content (AvgIpc) is 3.17. The highest BCUT2D eigenvalue weighted by Gasteiger charge is 2.10. The van der Waals surface area contributed by atoms with Crippen LogP contribution < -0.4 is 10.1 Å². The van der Waals surface area contributed by atoms with Gasteiger partial charge in [-0.05, 0) is 36.2 Å². The number of ether oxygens (including phenoxy) is 1. The number of rotatable bonds is 6. The van der Waals surface area contributed by atoms with Crippen LogP contribution >= 0.6 is 0 Å². The monoisotopic (exact) mass is 395 g/mol. The van der Waals surface area contributed by atoms with E-state index in [1.807, 2.05) is 72.1 Å². The summed E-state index contributed by atoms with van der Waals surface area (Å²) in [5, 5.41) is 9.06. The van der Waals surface area contributed by atoms with Gasteiger partial charge in [0.05, 0.1) is 11.2 Å². The number of nitrogens with zero attached hydrogens (tertiary/aromatic N) is 4. The molecule has 0 atom stereocenters. The molecule has 6 nitrogen and oxygen atoms in total. The molecule has 5 aromatic rings. The number of aryl methyl sites for hydroxylation is 1. The zero-order valence-corrected chi connectivity index (χ0v) is 16.6. The first kappa shape index (κ1) is 18.1. The fourth-order valence-electron chi connectivity index (χ4n) is 3.47. The Hall–Kier alpha value is -3.93. The van der Waals surface area contributed by atoms with Crippen molar-refractivity contribution in [3.8, 4) is 5.88 Å². The van der Waals surface area contributed by atoms with E-state index >= 15 is 0 Å². The predicted molar refractivity (Wildman–Crippen MR) is 118 cm³/mol. The van der Waals surface area contributed by atoms with E-state index in [2.05, 4.69) is 27.5 Å². The standard InChI is InChI=1S/C24H21N5O/c1-17-13-22-27-24(20-9-5-6-10-21(20)29(22)28-17)26-15-19-11-12-25-23(14-19)30-16-18-7-3-2-4-8-18/h2-14H,15-16H2,1H3,(H,26,27). The van der Waals surface area contributed by atoms with Crippen LogP contribution in [0.25, 0.3) is 16.6 Å². The molecule has 3 aromatic heterocycles. The molecule has 0 aliphatic carbocycles. The van der Waals surface area contributed by atoms with Crippen LogP contribution in [-0.2, 0) is 13.2 Å². The van der Waals surface area contributed by atoms with Gasteiger partial charge in [0, 0.05) is 30.3 Å². The second-order valence-electron chi connectivity index (χ2n) is 7.16. The summed E-state index contributed by atoms with van der Waals surface area (Å²) in [6.07, 6.45) is 1.77. The van der Waals surface area contributed by atoms with Crippen molar-refractivity contribution >= 4 is 22.4 Å². The van der Waals surface area contributed by atoms with Gasteiger partial charge in [0.15, 0.2) is 5.65 Å². The third-order valence-electron chi connectivity index (χ3n) is 4.92. The Kier molecular flexibility index (Phi) is 4.73. The molecule has 148 valence electrons.